The predicted molar refractivity (Wildman–Crippen MR) is 75.1 cm³/mol. The van der Waals surface area contributed by atoms with Crippen LogP contribution >= 0.6 is 0 Å². The lowest BCUT2D eigenvalue weighted by Crippen LogP contribution is -2.48. The first kappa shape index (κ1) is 14.7. The lowest BCUT2D eigenvalue weighted by atomic mass is 9.94. The van der Waals surface area contributed by atoms with E-state index in [0.29, 0.717) is 0 Å². The highest BCUT2D eigenvalue weighted by molar-refractivity contribution is 5.98. The summed E-state index contributed by atoms with van der Waals surface area (Å²) in [5, 5.41) is 0. The number of aryl methyl sites for hydroxylation is 3. The summed E-state index contributed by atoms with van der Waals surface area (Å²) in [6.45, 7) is 6.13. The van der Waals surface area contributed by atoms with E-state index in [-0.39, 0.29) is 37.6 Å². The minimum absolute atomic E-state index is 0.0513. The number of morpholine rings is 1. The van der Waals surface area contributed by atoms with E-state index in [0.717, 1.165) is 16.7 Å². The Morgan fingerprint density at radius 3 is 2.15 bits per heavy atom. The van der Waals surface area contributed by atoms with Gasteiger partial charge in [0.1, 0.15) is 13.2 Å². The van der Waals surface area contributed by atoms with Crippen molar-refractivity contribution in [3.05, 3.63) is 34.4 Å². The molecule has 1 aliphatic rings. The van der Waals surface area contributed by atoms with Crippen LogP contribution in [0.25, 0.3) is 0 Å². The van der Waals surface area contributed by atoms with Crippen LogP contribution in [0.1, 0.15) is 28.3 Å². The van der Waals surface area contributed by atoms with Gasteiger partial charge >= 0.3 is 0 Å². The molecule has 20 heavy (non-hydrogen) atoms. The molecule has 1 aromatic rings. The van der Waals surface area contributed by atoms with Crippen LogP contribution in [-0.4, -0.2) is 36.5 Å². The lowest BCUT2D eigenvalue weighted by molar-refractivity contribution is -0.158. The summed E-state index contributed by atoms with van der Waals surface area (Å²) in [7, 11) is 0. The lowest BCUT2D eigenvalue weighted by Gasteiger charge is -2.28. The molecule has 1 aromatic carbocycles. The number of hydrogen-bond donors (Lipinski definition) is 1. The van der Waals surface area contributed by atoms with E-state index in [1.807, 2.05) is 20.8 Å². The topological polar surface area (TPSA) is 72.6 Å². The molecule has 2 amide bonds. The summed E-state index contributed by atoms with van der Waals surface area (Å²) in [5.41, 5.74) is 10.6. The smallest absolute Gasteiger partial charge is 0.255 e. The first-order valence-corrected chi connectivity index (χ1v) is 6.64. The molecule has 2 N–H and O–H groups in total. The normalized spacial score (nSPS) is 17.5. The van der Waals surface area contributed by atoms with Crippen molar-refractivity contribution in [2.24, 2.45) is 5.73 Å². The molecule has 1 fully saturated rings. The van der Waals surface area contributed by atoms with Crippen molar-refractivity contribution in [3.8, 4) is 0 Å². The second-order valence-corrected chi connectivity index (χ2v) is 5.31. The minimum atomic E-state index is -0.374. The van der Waals surface area contributed by atoms with Gasteiger partial charge in [0.25, 0.3) is 11.8 Å². The van der Waals surface area contributed by atoms with E-state index in [1.54, 1.807) is 0 Å². The molecule has 5 nitrogen and oxygen atoms in total. The quantitative estimate of drug-likeness (QED) is 0.836. The fraction of sp³-hybridized carbons (Fsp3) is 0.467. The maximum absolute atomic E-state index is 11.7. The maximum Gasteiger partial charge on any atom is 0.255 e. The molecule has 0 saturated carbocycles. The van der Waals surface area contributed by atoms with E-state index in [1.165, 1.54) is 10.5 Å². The van der Waals surface area contributed by atoms with Gasteiger partial charge < -0.3 is 10.5 Å². The van der Waals surface area contributed by atoms with Gasteiger partial charge in [0.15, 0.2) is 0 Å². The number of rotatable bonds is 3. The number of carbonyl (C=O) groups excluding carboxylic acids is 2. The number of nitrogens with two attached hydrogens (primary N) is 1. The van der Waals surface area contributed by atoms with Crippen LogP contribution in [0.15, 0.2) is 12.1 Å². The molecule has 0 radical (unpaired) electrons. The summed E-state index contributed by atoms with van der Waals surface area (Å²) in [6, 6.07) is 3.75. The first-order valence-electron chi connectivity index (χ1n) is 6.64. The minimum Gasteiger partial charge on any atom is -0.362 e. The number of nitrogens with zero attached hydrogens (tertiary/aromatic N) is 1. The number of imide groups is 1. The Morgan fingerprint density at radius 2 is 1.65 bits per heavy atom. The molecule has 1 saturated heterocycles. The number of carbonyl (C=O) groups is 2. The van der Waals surface area contributed by atoms with Crippen LogP contribution < -0.4 is 5.73 Å². The third-order valence-corrected chi connectivity index (χ3v) is 3.54. The van der Waals surface area contributed by atoms with E-state index in [2.05, 4.69) is 12.1 Å². The maximum atomic E-state index is 11.7. The Balaban J connectivity index is 2.22. The second-order valence-electron chi connectivity index (χ2n) is 5.31. The largest absolute Gasteiger partial charge is 0.362 e. The van der Waals surface area contributed by atoms with Crippen molar-refractivity contribution in [2.75, 3.05) is 19.8 Å². The van der Waals surface area contributed by atoms with Crippen LogP contribution in [-0.2, 0) is 14.3 Å². The van der Waals surface area contributed by atoms with Crippen molar-refractivity contribution in [1.82, 2.24) is 4.90 Å². The Bertz CT molecular complexity index is 515. The van der Waals surface area contributed by atoms with Gasteiger partial charge in [0, 0.05) is 12.6 Å². The molecule has 5 heteroatoms. The van der Waals surface area contributed by atoms with Crippen LogP contribution in [0, 0.1) is 20.8 Å². The molecule has 108 valence electrons. The highest BCUT2D eigenvalue weighted by Gasteiger charge is 2.29. The Kier molecular flexibility index (Phi) is 4.20. The van der Waals surface area contributed by atoms with E-state index in [9.17, 15) is 9.59 Å². The molecule has 0 aromatic heterocycles. The van der Waals surface area contributed by atoms with Gasteiger partial charge in [-0.25, -0.2) is 0 Å². The number of benzene rings is 1. The number of amides is 2. The summed E-state index contributed by atoms with van der Waals surface area (Å²) in [4.78, 5) is 24.6. The third kappa shape index (κ3) is 2.89. The van der Waals surface area contributed by atoms with E-state index in [4.69, 9.17) is 10.5 Å². The Labute approximate surface area is 118 Å². The van der Waals surface area contributed by atoms with Crippen molar-refractivity contribution in [3.63, 3.8) is 0 Å². The standard InChI is InChI=1S/C15H20N2O3/c1-9-4-10(2)15(11(3)5-9)12(16)6-17-13(18)7-20-8-14(17)19/h4-5,12H,6-8,16H2,1-3H3. The van der Waals surface area contributed by atoms with Crippen LogP contribution in [0.3, 0.4) is 0 Å². The molecule has 1 unspecified atom stereocenters. The van der Waals surface area contributed by atoms with Gasteiger partial charge in [-0.1, -0.05) is 17.7 Å². The monoisotopic (exact) mass is 276 g/mol. The van der Waals surface area contributed by atoms with Crippen LogP contribution in [0.5, 0.6) is 0 Å². The predicted octanol–water partition coefficient (Wildman–Crippen LogP) is 0.997. The fourth-order valence-corrected chi connectivity index (χ4v) is 2.79. The summed E-state index contributed by atoms with van der Waals surface area (Å²) < 4.78 is 4.89. The molecule has 2 rings (SSSR count). The zero-order chi connectivity index (χ0) is 14.9. The van der Waals surface area contributed by atoms with Gasteiger partial charge in [0.2, 0.25) is 0 Å². The average molecular weight is 276 g/mol. The zero-order valence-electron chi connectivity index (χ0n) is 12.1. The highest BCUT2D eigenvalue weighted by atomic mass is 16.5. The molecular weight excluding hydrogens is 256 g/mol. The van der Waals surface area contributed by atoms with Crippen LogP contribution in [0.2, 0.25) is 0 Å². The molecule has 1 heterocycles. The zero-order valence-corrected chi connectivity index (χ0v) is 12.1. The van der Waals surface area contributed by atoms with Crippen LogP contribution in [0.4, 0.5) is 0 Å². The molecule has 0 bridgehead atoms. The van der Waals surface area contributed by atoms with Gasteiger partial charge in [-0.15, -0.1) is 0 Å². The van der Waals surface area contributed by atoms with Gasteiger partial charge in [-0.3, -0.25) is 14.5 Å². The summed E-state index contributed by atoms with van der Waals surface area (Å²) in [6.07, 6.45) is 0. The van der Waals surface area contributed by atoms with E-state index < -0.39 is 0 Å². The van der Waals surface area contributed by atoms with Crippen molar-refractivity contribution in [2.45, 2.75) is 26.8 Å². The Hall–Kier alpha value is -1.72. The van der Waals surface area contributed by atoms with Crippen molar-refractivity contribution >= 4 is 11.8 Å². The van der Waals surface area contributed by atoms with Crippen molar-refractivity contribution < 1.29 is 14.3 Å². The van der Waals surface area contributed by atoms with Gasteiger partial charge in [-0.2, -0.15) is 0 Å². The number of hydrogen-bond acceptors (Lipinski definition) is 4. The molecule has 0 aliphatic carbocycles. The van der Waals surface area contributed by atoms with Gasteiger partial charge in [-0.05, 0) is 37.5 Å². The first-order chi connectivity index (χ1) is 9.40. The fourth-order valence-electron chi connectivity index (χ4n) is 2.79. The summed E-state index contributed by atoms with van der Waals surface area (Å²) in [5.74, 6) is -0.641. The molecule has 0 spiro atoms. The molecule has 1 aliphatic heterocycles. The SMILES string of the molecule is Cc1cc(C)c(C(N)CN2C(=O)COCC2=O)c(C)c1. The Morgan fingerprint density at radius 1 is 1.15 bits per heavy atom. The second kappa shape index (κ2) is 5.73. The molecular formula is C15H20N2O3. The third-order valence-electron chi connectivity index (χ3n) is 3.54. The van der Waals surface area contributed by atoms with E-state index >= 15 is 0 Å². The molecule has 1 atom stereocenters. The summed E-state index contributed by atoms with van der Waals surface area (Å²) >= 11 is 0. The van der Waals surface area contributed by atoms with Crippen molar-refractivity contribution in [1.29, 1.82) is 0 Å². The van der Waals surface area contributed by atoms with Gasteiger partial charge in [0.05, 0.1) is 0 Å². The highest BCUT2D eigenvalue weighted by Crippen LogP contribution is 2.23. The number of ether oxygens (including phenoxy) is 1. The average Bonchev–Trinajstić information content (AvgIpc) is 2.32.